The van der Waals surface area contributed by atoms with Crippen LogP contribution in [0.2, 0.25) is 0 Å². The number of nitrogens with two attached hydrogens (primary N) is 1. The van der Waals surface area contributed by atoms with Crippen molar-refractivity contribution in [3.63, 3.8) is 0 Å². The average molecular weight is 403 g/mol. The van der Waals surface area contributed by atoms with Gasteiger partial charge in [-0.1, -0.05) is 6.08 Å². The van der Waals surface area contributed by atoms with Gasteiger partial charge in [0.2, 0.25) is 0 Å². The second kappa shape index (κ2) is 8.88. The molecule has 2 fully saturated rings. The van der Waals surface area contributed by atoms with Gasteiger partial charge in [0.15, 0.2) is 9.84 Å². The fourth-order valence-electron chi connectivity index (χ4n) is 3.46. The van der Waals surface area contributed by atoms with Crippen LogP contribution in [0.5, 0.6) is 0 Å². The molecule has 1 unspecified atom stereocenters. The maximum atomic E-state index is 12.8. The second-order valence-corrected chi connectivity index (χ2v) is 11.6. The van der Waals surface area contributed by atoms with Crippen LogP contribution in [0.3, 0.4) is 0 Å². The van der Waals surface area contributed by atoms with Crippen LogP contribution in [0.25, 0.3) is 0 Å². The number of hydrogen-bond acceptors (Lipinski definition) is 7. The number of sulfone groups is 1. The molecular weight excluding hydrogens is 364 g/mol. The Morgan fingerprint density at radius 1 is 1.33 bits per heavy atom. The van der Waals surface area contributed by atoms with Gasteiger partial charge in [-0.2, -0.15) is 0 Å². The molecule has 4 N–H and O–H groups in total. The van der Waals surface area contributed by atoms with E-state index in [0.29, 0.717) is 32.8 Å². The summed E-state index contributed by atoms with van der Waals surface area (Å²) in [5, 5.41) is 5.41. The van der Waals surface area contributed by atoms with E-state index in [1.54, 1.807) is 6.08 Å². The molecule has 0 spiro atoms. The molecule has 158 valence electrons. The Balaban J connectivity index is 1.71. The number of nitrogens with one attached hydrogen (secondary N) is 2. The Bertz CT molecular complexity index is 598. The third-order valence-corrected chi connectivity index (χ3v) is 9.31. The highest BCUT2D eigenvalue weighted by Crippen LogP contribution is 2.55. The Kier molecular flexibility index (Phi) is 7.49. The van der Waals surface area contributed by atoms with E-state index in [1.165, 1.54) is 0 Å². The summed E-state index contributed by atoms with van der Waals surface area (Å²) in [7, 11) is -1.16. The van der Waals surface area contributed by atoms with E-state index >= 15 is 0 Å². The SMILES string of the molecule is C=CCOCCN(CC(C)(N)CCNCC1(S(=O)(=O)C2(C)CC2)CC1)NC. The van der Waals surface area contributed by atoms with E-state index in [9.17, 15) is 8.42 Å². The summed E-state index contributed by atoms with van der Waals surface area (Å²) in [6.45, 7) is 11.4. The van der Waals surface area contributed by atoms with Gasteiger partial charge in [-0.15, -0.1) is 6.58 Å². The monoisotopic (exact) mass is 402 g/mol. The molecule has 0 heterocycles. The molecule has 2 aliphatic rings. The first kappa shape index (κ1) is 22.8. The van der Waals surface area contributed by atoms with Crippen molar-refractivity contribution in [2.45, 2.75) is 61.0 Å². The number of hydrogen-bond donors (Lipinski definition) is 3. The normalized spacial score (nSPS) is 22.4. The number of ether oxygens (including phenoxy) is 1. The zero-order valence-electron chi connectivity index (χ0n) is 17.2. The van der Waals surface area contributed by atoms with Gasteiger partial charge < -0.3 is 15.8 Å². The van der Waals surface area contributed by atoms with Crippen LogP contribution < -0.4 is 16.5 Å². The molecule has 2 aliphatic carbocycles. The lowest BCUT2D eigenvalue weighted by Gasteiger charge is -2.32. The molecule has 2 saturated carbocycles. The zero-order valence-corrected chi connectivity index (χ0v) is 18.0. The van der Waals surface area contributed by atoms with E-state index in [1.807, 2.05) is 25.9 Å². The average Bonchev–Trinajstić information content (AvgIpc) is 3.52. The van der Waals surface area contributed by atoms with Gasteiger partial charge in [-0.3, -0.25) is 5.43 Å². The molecule has 27 heavy (non-hydrogen) atoms. The van der Waals surface area contributed by atoms with E-state index in [2.05, 4.69) is 17.3 Å². The van der Waals surface area contributed by atoms with E-state index < -0.39 is 19.3 Å². The molecule has 0 amide bonds. The van der Waals surface area contributed by atoms with Crippen LogP contribution in [0, 0.1) is 0 Å². The predicted molar refractivity (Wildman–Crippen MR) is 110 cm³/mol. The lowest BCUT2D eigenvalue weighted by Crippen LogP contribution is -2.53. The molecule has 7 nitrogen and oxygen atoms in total. The molecule has 0 aromatic rings. The standard InChI is InChI=1S/C19H38N4O3S/c1-5-13-26-14-12-23(21-4)16-17(2,20)10-11-22-15-19(8-9-19)27(24,25)18(3)6-7-18/h5,21-22H,1,6-16,20H2,2-4H3. The molecule has 0 bridgehead atoms. The summed E-state index contributed by atoms with van der Waals surface area (Å²) >= 11 is 0. The van der Waals surface area contributed by atoms with Crippen molar-refractivity contribution in [2.75, 3.05) is 46.4 Å². The van der Waals surface area contributed by atoms with Crippen LogP contribution in [0.4, 0.5) is 0 Å². The summed E-state index contributed by atoms with van der Waals surface area (Å²) in [6, 6.07) is 0. The predicted octanol–water partition coefficient (Wildman–Crippen LogP) is 0.822. The third-order valence-electron chi connectivity index (χ3n) is 5.91. The smallest absolute Gasteiger partial charge is 0.162 e. The van der Waals surface area contributed by atoms with Crippen LogP contribution in [0.1, 0.15) is 46.0 Å². The van der Waals surface area contributed by atoms with Crippen molar-refractivity contribution in [2.24, 2.45) is 5.73 Å². The highest BCUT2D eigenvalue weighted by atomic mass is 32.2. The number of hydrazine groups is 1. The molecular formula is C19H38N4O3S. The van der Waals surface area contributed by atoms with Crippen molar-refractivity contribution >= 4 is 9.84 Å². The van der Waals surface area contributed by atoms with Gasteiger partial charge in [-0.25, -0.2) is 13.4 Å². The molecule has 0 aromatic carbocycles. The number of nitrogens with zero attached hydrogens (tertiary/aromatic N) is 1. The van der Waals surface area contributed by atoms with Crippen LogP contribution >= 0.6 is 0 Å². The van der Waals surface area contributed by atoms with Crippen molar-refractivity contribution in [3.8, 4) is 0 Å². The van der Waals surface area contributed by atoms with Crippen LogP contribution in [0.15, 0.2) is 12.7 Å². The molecule has 1 atom stereocenters. The first-order chi connectivity index (χ1) is 12.6. The minimum Gasteiger partial charge on any atom is -0.376 e. The summed E-state index contributed by atoms with van der Waals surface area (Å²) < 4.78 is 30.1. The van der Waals surface area contributed by atoms with Crippen LogP contribution in [-0.4, -0.2) is 74.9 Å². The second-order valence-electron chi connectivity index (χ2n) is 8.73. The summed E-state index contributed by atoms with van der Waals surface area (Å²) in [4.78, 5) is 0. The largest absolute Gasteiger partial charge is 0.376 e. The summed E-state index contributed by atoms with van der Waals surface area (Å²) in [5.74, 6) is 0. The molecule has 0 saturated heterocycles. The number of rotatable bonds is 15. The van der Waals surface area contributed by atoms with Gasteiger partial charge in [-0.05, 0) is 59.5 Å². The zero-order chi connectivity index (χ0) is 20.2. The van der Waals surface area contributed by atoms with Crippen molar-refractivity contribution < 1.29 is 13.2 Å². The third kappa shape index (κ3) is 5.74. The molecule has 8 heteroatoms. The minimum absolute atomic E-state index is 0.382. The maximum Gasteiger partial charge on any atom is 0.162 e. The Morgan fingerprint density at radius 2 is 2.00 bits per heavy atom. The highest BCUT2D eigenvalue weighted by molar-refractivity contribution is 7.94. The van der Waals surface area contributed by atoms with Gasteiger partial charge in [0, 0.05) is 25.2 Å². The van der Waals surface area contributed by atoms with E-state index in [4.69, 9.17) is 10.5 Å². The summed E-state index contributed by atoms with van der Waals surface area (Å²) in [6.07, 6.45) is 5.71. The Hall–Kier alpha value is -0.510. The van der Waals surface area contributed by atoms with Crippen molar-refractivity contribution in [3.05, 3.63) is 12.7 Å². The fraction of sp³-hybridized carbons (Fsp3) is 0.895. The van der Waals surface area contributed by atoms with Crippen LogP contribution in [-0.2, 0) is 14.6 Å². The van der Waals surface area contributed by atoms with Crippen molar-refractivity contribution in [1.82, 2.24) is 15.8 Å². The Morgan fingerprint density at radius 3 is 2.52 bits per heavy atom. The van der Waals surface area contributed by atoms with Gasteiger partial charge in [0.1, 0.15) is 0 Å². The first-order valence-electron chi connectivity index (χ1n) is 9.96. The molecule has 0 aliphatic heterocycles. The Labute approximate surface area is 165 Å². The lowest BCUT2D eigenvalue weighted by molar-refractivity contribution is 0.0883. The molecule has 0 aromatic heterocycles. The topological polar surface area (TPSA) is 96.7 Å². The molecule has 0 radical (unpaired) electrons. The minimum atomic E-state index is -3.04. The maximum absolute atomic E-state index is 12.8. The highest BCUT2D eigenvalue weighted by Gasteiger charge is 2.64. The van der Waals surface area contributed by atoms with Gasteiger partial charge in [0.05, 0.1) is 22.7 Å². The van der Waals surface area contributed by atoms with Gasteiger partial charge >= 0.3 is 0 Å². The van der Waals surface area contributed by atoms with E-state index in [-0.39, 0.29) is 5.54 Å². The van der Waals surface area contributed by atoms with Gasteiger partial charge in [0.25, 0.3) is 0 Å². The van der Waals surface area contributed by atoms with E-state index in [0.717, 1.165) is 38.6 Å². The first-order valence-corrected chi connectivity index (χ1v) is 11.4. The lowest BCUT2D eigenvalue weighted by atomic mass is 9.99. The quantitative estimate of drug-likeness (QED) is 0.212. The summed E-state index contributed by atoms with van der Waals surface area (Å²) in [5.41, 5.74) is 9.23. The van der Waals surface area contributed by atoms with Crippen molar-refractivity contribution in [1.29, 1.82) is 0 Å². The molecule has 2 rings (SSSR count). The fourth-order valence-corrected chi connectivity index (χ4v) is 6.08.